The second kappa shape index (κ2) is 5.14. The van der Waals surface area contributed by atoms with Crippen LogP contribution in [0.25, 0.3) is 0 Å². The van der Waals surface area contributed by atoms with Crippen LogP contribution in [-0.2, 0) is 9.53 Å². The number of halogens is 1. The molecule has 1 unspecified atom stereocenters. The van der Waals surface area contributed by atoms with Gasteiger partial charge in [-0.2, -0.15) is 0 Å². The predicted octanol–water partition coefficient (Wildman–Crippen LogP) is 2.21. The molecule has 0 fully saturated rings. The Morgan fingerprint density at radius 2 is 2.08 bits per heavy atom. The standard InChI is InChI=1S/C10H15ClO2/c1-8(12)13-9(7-11)5-6-10(2,3)4/h9H,7H2,1-4H3. The van der Waals surface area contributed by atoms with Crippen LogP contribution in [0.1, 0.15) is 27.7 Å². The van der Waals surface area contributed by atoms with Crippen molar-refractivity contribution in [2.75, 3.05) is 5.88 Å². The van der Waals surface area contributed by atoms with Gasteiger partial charge in [0, 0.05) is 12.3 Å². The average Bonchev–Trinajstić information content (AvgIpc) is 1.95. The van der Waals surface area contributed by atoms with Crippen molar-refractivity contribution in [3.63, 3.8) is 0 Å². The highest BCUT2D eigenvalue weighted by Gasteiger charge is 2.08. The molecule has 2 nitrogen and oxygen atoms in total. The molecule has 0 aliphatic heterocycles. The Labute approximate surface area is 84.6 Å². The summed E-state index contributed by atoms with van der Waals surface area (Å²) in [5, 5.41) is 0. The van der Waals surface area contributed by atoms with Crippen molar-refractivity contribution < 1.29 is 9.53 Å². The maximum Gasteiger partial charge on any atom is 0.303 e. The van der Waals surface area contributed by atoms with E-state index in [1.165, 1.54) is 6.92 Å². The summed E-state index contributed by atoms with van der Waals surface area (Å²) in [6, 6.07) is 0. The number of hydrogen-bond donors (Lipinski definition) is 0. The first-order chi connectivity index (χ1) is 5.85. The predicted molar refractivity (Wildman–Crippen MR) is 53.5 cm³/mol. The van der Waals surface area contributed by atoms with Crippen molar-refractivity contribution in [1.82, 2.24) is 0 Å². The van der Waals surface area contributed by atoms with Gasteiger partial charge in [0.05, 0.1) is 5.88 Å². The topological polar surface area (TPSA) is 26.3 Å². The molecule has 0 aromatic rings. The Morgan fingerprint density at radius 3 is 2.38 bits per heavy atom. The van der Waals surface area contributed by atoms with Crippen LogP contribution < -0.4 is 0 Å². The van der Waals surface area contributed by atoms with Gasteiger partial charge in [0.1, 0.15) is 0 Å². The molecule has 0 amide bonds. The zero-order valence-corrected chi connectivity index (χ0v) is 9.23. The van der Waals surface area contributed by atoms with E-state index in [0.717, 1.165) is 0 Å². The number of carbonyl (C=O) groups is 1. The van der Waals surface area contributed by atoms with Crippen molar-refractivity contribution >= 4 is 17.6 Å². The summed E-state index contributed by atoms with van der Waals surface area (Å²) < 4.78 is 4.85. The summed E-state index contributed by atoms with van der Waals surface area (Å²) in [5.74, 6) is 5.64. The van der Waals surface area contributed by atoms with Crippen LogP contribution in [0.3, 0.4) is 0 Å². The third-order valence-electron chi connectivity index (χ3n) is 1.06. The van der Waals surface area contributed by atoms with Crippen LogP contribution >= 0.6 is 11.6 Å². The molecular weight excluding hydrogens is 188 g/mol. The van der Waals surface area contributed by atoms with Gasteiger partial charge in [-0.1, -0.05) is 11.8 Å². The summed E-state index contributed by atoms with van der Waals surface area (Å²) in [4.78, 5) is 10.6. The highest BCUT2D eigenvalue weighted by molar-refractivity contribution is 6.18. The maximum atomic E-state index is 10.6. The van der Waals surface area contributed by atoms with Crippen LogP contribution in [0.15, 0.2) is 0 Å². The Kier molecular flexibility index (Phi) is 4.87. The van der Waals surface area contributed by atoms with E-state index in [1.54, 1.807) is 0 Å². The fourth-order valence-corrected chi connectivity index (χ4v) is 0.737. The normalized spacial score (nSPS) is 12.7. The van der Waals surface area contributed by atoms with Gasteiger partial charge in [-0.15, -0.1) is 11.6 Å². The molecule has 0 N–H and O–H groups in total. The Bertz CT molecular complexity index is 230. The lowest BCUT2D eigenvalue weighted by Crippen LogP contribution is -2.16. The molecule has 1 atom stereocenters. The van der Waals surface area contributed by atoms with Gasteiger partial charge in [0.2, 0.25) is 0 Å². The Morgan fingerprint density at radius 1 is 1.54 bits per heavy atom. The Balaban J connectivity index is 4.25. The van der Waals surface area contributed by atoms with Crippen molar-refractivity contribution in [2.24, 2.45) is 5.41 Å². The molecule has 0 rings (SSSR count). The van der Waals surface area contributed by atoms with E-state index < -0.39 is 6.10 Å². The molecule has 0 aliphatic carbocycles. The third-order valence-corrected chi connectivity index (χ3v) is 1.34. The summed E-state index contributed by atoms with van der Waals surface area (Å²) in [5.41, 5.74) is -0.0928. The third kappa shape index (κ3) is 7.67. The lowest BCUT2D eigenvalue weighted by Gasteiger charge is -2.10. The highest BCUT2D eigenvalue weighted by Crippen LogP contribution is 2.10. The van der Waals surface area contributed by atoms with Gasteiger partial charge in [0.15, 0.2) is 6.10 Å². The number of alkyl halides is 1. The lowest BCUT2D eigenvalue weighted by atomic mass is 9.98. The monoisotopic (exact) mass is 202 g/mol. The second-order valence-corrected chi connectivity index (χ2v) is 4.08. The summed E-state index contributed by atoms with van der Waals surface area (Å²) in [6.45, 7) is 7.30. The smallest absolute Gasteiger partial charge is 0.303 e. The summed E-state index contributed by atoms with van der Waals surface area (Å²) >= 11 is 5.56. The number of hydrogen-bond acceptors (Lipinski definition) is 2. The summed E-state index contributed by atoms with van der Waals surface area (Å²) in [6.07, 6.45) is -0.488. The van der Waals surface area contributed by atoms with Crippen molar-refractivity contribution in [2.45, 2.75) is 33.8 Å². The maximum absolute atomic E-state index is 10.6. The van der Waals surface area contributed by atoms with E-state index in [1.807, 2.05) is 20.8 Å². The van der Waals surface area contributed by atoms with Gasteiger partial charge < -0.3 is 4.74 Å². The largest absolute Gasteiger partial charge is 0.448 e. The minimum absolute atomic E-state index is 0.0928. The lowest BCUT2D eigenvalue weighted by molar-refractivity contribution is -0.142. The molecule has 0 spiro atoms. The van der Waals surface area contributed by atoms with Gasteiger partial charge in [0.25, 0.3) is 0 Å². The van der Waals surface area contributed by atoms with Gasteiger partial charge >= 0.3 is 5.97 Å². The molecular formula is C10H15ClO2. The first kappa shape index (κ1) is 12.3. The molecule has 0 bridgehead atoms. The molecule has 74 valence electrons. The van der Waals surface area contributed by atoms with E-state index in [0.29, 0.717) is 0 Å². The zero-order valence-electron chi connectivity index (χ0n) is 8.48. The van der Waals surface area contributed by atoms with E-state index in [-0.39, 0.29) is 17.3 Å². The molecule has 0 saturated heterocycles. The first-order valence-corrected chi connectivity index (χ1v) is 4.64. The van der Waals surface area contributed by atoms with E-state index in [2.05, 4.69) is 11.8 Å². The van der Waals surface area contributed by atoms with Crippen LogP contribution in [-0.4, -0.2) is 18.0 Å². The van der Waals surface area contributed by atoms with Gasteiger partial charge in [-0.3, -0.25) is 4.79 Å². The van der Waals surface area contributed by atoms with Crippen LogP contribution in [0.4, 0.5) is 0 Å². The quantitative estimate of drug-likeness (QED) is 0.390. The molecule has 0 saturated carbocycles. The second-order valence-electron chi connectivity index (χ2n) is 3.77. The van der Waals surface area contributed by atoms with E-state index in [4.69, 9.17) is 16.3 Å². The molecule has 0 radical (unpaired) electrons. The fourth-order valence-electron chi connectivity index (χ4n) is 0.597. The number of rotatable bonds is 2. The van der Waals surface area contributed by atoms with Crippen LogP contribution in [0.2, 0.25) is 0 Å². The van der Waals surface area contributed by atoms with E-state index in [9.17, 15) is 4.79 Å². The zero-order chi connectivity index (χ0) is 10.5. The minimum Gasteiger partial charge on any atom is -0.448 e. The molecule has 3 heteroatoms. The molecule has 13 heavy (non-hydrogen) atoms. The fraction of sp³-hybridized carbons (Fsp3) is 0.700. The molecule has 0 aliphatic rings. The first-order valence-electron chi connectivity index (χ1n) is 4.11. The Hall–Kier alpha value is -0.680. The van der Waals surface area contributed by atoms with E-state index >= 15 is 0 Å². The SMILES string of the molecule is CC(=O)OC(C#CC(C)(C)C)CCl. The average molecular weight is 203 g/mol. The summed E-state index contributed by atoms with van der Waals surface area (Å²) in [7, 11) is 0. The minimum atomic E-state index is -0.488. The van der Waals surface area contributed by atoms with Crippen LogP contribution in [0, 0.1) is 17.3 Å². The van der Waals surface area contributed by atoms with Crippen LogP contribution in [0.5, 0.6) is 0 Å². The van der Waals surface area contributed by atoms with Crippen molar-refractivity contribution in [3.8, 4) is 11.8 Å². The highest BCUT2D eigenvalue weighted by atomic mass is 35.5. The van der Waals surface area contributed by atoms with Gasteiger partial charge in [-0.05, 0) is 20.8 Å². The van der Waals surface area contributed by atoms with Crippen molar-refractivity contribution in [1.29, 1.82) is 0 Å². The van der Waals surface area contributed by atoms with Gasteiger partial charge in [-0.25, -0.2) is 0 Å². The molecule has 0 aromatic carbocycles. The number of ether oxygens (including phenoxy) is 1. The number of esters is 1. The molecule has 0 aromatic heterocycles. The molecule has 0 heterocycles. The van der Waals surface area contributed by atoms with Crippen molar-refractivity contribution in [3.05, 3.63) is 0 Å². The number of carbonyl (C=O) groups excluding carboxylic acids is 1.